The van der Waals surface area contributed by atoms with Crippen LogP contribution in [-0.2, 0) is 4.79 Å². The standard InChI is InChI=1S/C13H17ClN2O2/c1-18-12-5-4-10(15-13(17)9-14)8-11(12)16-6-2-3-7-16/h4-5,8H,2-3,6-7,9H2,1H3,(H,15,17). The lowest BCUT2D eigenvalue weighted by Crippen LogP contribution is -2.19. The molecule has 1 fully saturated rings. The van der Waals surface area contributed by atoms with E-state index >= 15 is 0 Å². The minimum absolute atomic E-state index is 0.0366. The van der Waals surface area contributed by atoms with Crippen LogP contribution in [0.2, 0.25) is 0 Å². The van der Waals surface area contributed by atoms with Crippen LogP contribution in [0.3, 0.4) is 0 Å². The van der Waals surface area contributed by atoms with E-state index in [0.29, 0.717) is 0 Å². The second kappa shape index (κ2) is 5.96. The third kappa shape index (κ3) is 2.88. The number of nitrogens with one attached hydrogen (secondary N) is 1. The first-order valence-electron chi connectivity index (χ1n) is 6.03. The average molecular weight is 269 g/mol. The average Bonchev–Trinajstić information content (AvgIpc) is 2.92. The van der Waals surface area contributed by atoms with Crippen molar-refractivity contribution < 1.29 is 9.53 Å². The summed E-state index contributed by atoms with van der Waals surface area (Å²) >= 11 is 5.48. The third-order valence-corrected chi connectivity index (χ3v) is 3.27. The Morgan fingerprint density at radius 3 is 2.78 bits per heavy atom. The number of hydrogen-bond acceptors (Lipinski definition) is 3. The summed E-state index contributed by atoms with van der Waals surface area (Å²) in [6.07, 6.45) is 2.39. The van der Waals surface area contributed by atoms with E-state index in [1.165, 1.54) is 12.8 Å². The summed E-state index contributed by atoms with van der Waals surface area (Å²) in [4.78, 5) is 13.6. The smallest absolute Gasteiger partial charge is 0.239 e. The minimum Gasteiger partial charge on any atom is -0.495 e. The highest BCUT2D eigenvalue weighted by Gasteiger charge is 2.17. The summed E-state index contributed by atoms with van der Waals surface area (Å²) in [5.74, 6) is 0.598. The maximum Gasteiger partial charge on any atom is 0.239 e. The number of benzene rings is 1. The van der Waals surface area contributed by atoms with Crippen molar-refractivity contribution in [3.05, 3.63) is 18.2 Å². The van der Waals surface area contributed by atoms with Crippen molar-refractivity contribution in [3.63, 3.8) is 0 Å². The van der Waals surface area contributed by atoms with Crippen LogP contribution >= 0.6 is 11.6 Å². The van der Waals surface area contributed by atoms with Crippen molar-refractivity contribution >= 4 is 28.9 Å². The Bertz CT molecular complexity index is 431. The number of halogens is 1. The fourth-order valence-corrected chi connectivity index (χ4v) is 2.23. The van der Waals surface area contributed by atoms with Crippen LogP contribution in [0.5, 0.6) is 5.75 Å². The van der Waals surface area contributed by atoms with Crippen molar-refractivity contribution in [3.8, 4) is 5.75 Å². The molecule has 1 aromatic rings. The second-order valence-electron chi connectivity index (χ2n) is 4.26. The zero-order valence-electron chi connectivity index (χ0n) is 10.4. The van der Waals surface area contributed by atoms with Crippen molar-refractivity contribution in [2.75, 3.05) is 36.3 Å². The van der Waals surface area contributed by atoms with Crippen LogP contribution in [-0.4, -0.2) is 32.0 Å². The molecule has 1 heterocycles. The lowest BCUT2D eigenvalue weighted by atomic mass is 10.2. The van der Waals surface area contributed by atoms with Gasteiger partial charge in [-0.05, 0) is 31.0 Å². The highest BCUT2D eigenvalue weighted by molar-refractivity contribution is 6.29. The highest BCUT2D eigenvalue weighted by atomic mass is 35.5. The van der Waals surface area contributed by atoms with Gasteiger partial charge in [-0.25, -0.2) is 0 Å². The number of hydrogen-bond donors (Lipinski definition) is 1. The number of carbonyl (C=O) groups excluding carboxylic acids is 1. The number of nitrogens with zero attached hydrogens (tertiary/aromatic N) is 1. The molecule has 0 atom stereocenters. The number of amides is 1. The topological polar surface area (TPSA) is 41.6 Å². The SMILES string of the molecule is COc1ccc(NC(=O)CCl)cc1N1CCCC1. The number of rotatable bonds is 4. The quantitative estimate of drug-likeness (QED) is 0.853. The van der Waals surface area contributed by atoms with Crippen LogP contribution in [0.1, 0.15) is 12.8 Å². The van der Waals surface area contributed by atoms with E-state index in [9.17, 15) is 4.79 Å². The number of methoxy groups -OCH3 is 1. The Kier molecular flexibility index (Phi) is 4.31. The molecule has 1 saturated heterocycles. The number of ether oxygens (including phenoxy) is 1. The Balaban J connectivity index is 2.23. The fourth-order valence-electron chi connectivity index (χ4n) is 2.17. The van der Waals surface area contributed by atoms with E-state index in [4.69, 9.17) is 16.3 Å². The molecule has 0 saturated carbocycles. The Hall–Kier alpha value is -1.42. The lowest BCUT2D eigenvalue weighted by molar-refractivity contribution is -0.113. The van der Waals surface area contributed by atoms with Gasteiger partial charge in [-0.15, -0.1) is 11.6 Å². The van der Waals surface area contributed by atoms with Gasteiger partial charge < -0.3 is 15.0 Å². The van der Waals surface area contributed by atoms with Gasteiger partial charge in [0.1, 0.15) is 11.6 Å². The third-order valence-electron chi connectivity index (χ3n) is 3.03. The van der Waals surface area contributed by atoms with E-state index in [-0.39, 0.29) is 11.8 Å². The highest BCUT2D eigenvalue weighted by Crippen LogP contribution is 2.33. The molecule has 5 heteroatoms. The number of alkyl halides is 1. The predicted molar refractivity (Wildman–Crippen MR) is 73.8 cm³/mol. The van der Waals surface area contributed by atoms with Gasteiger partial charge in [-0.2, -0.15) is 0 Å². The molecule has 0 unspecified atom stereocenters. The molecule has 1 N–H and O–H groups in total. The van der Waals surface area contributed by atoms with Crippen molar-refractivity contribution in [2.45, 2.75) is 12.8 Å². The molecule has 1 aliphatic heterocycles. The molecule has 4 nitrogen and oxygen atoms in total. The van der Waals surface area contributed by atoms with Gasteiger partial charge in [-0.3, -0.25) is 4.79 Å². The van der Waals surface area contributed by atoms with E-state index in [0.717, 1.165) is 30.2 Å². The summed E-state index contributed by atoms with van der Waals surface area (Å²) in [7, 11) is 1.66. The predicted octanol–water partition coefficient (Wildman–Crippen LogP) is 2.47. The van der Waals surface area contributed by atoms with E-state index < -0.39 is 0 Å². The van der Waals surface area contributed by atoms with Crippen molar-refractivity contribution in [1.82, 2.24) is 0 Å². The maximum atomic E-state index is 11.3. The fraction of sp³-hybridized carbons (Fsp3) is 0.462. The molecule has 2 rings (SSSR count). The molecule has 18 heavy (non-hydrogen) atoms. The lowest BCUT2D eigenvalue weighted by Gasteiger charge is -2.21. The van der Waals surface area contributed by atoms with Gasteiger partial charge in [0.2, 0.25) is 5.91 Å². The van der Waals surface area contributed by atoms with Gasteiger partial charge in [0.05, 0.1) is 12.8 Å². The van der Waals surface area contributed by atoms with Crippen LogP contribution < -0.4 is 15.0 Å². The van der Waals surface area contributed by atoms with E-state index in [1.54, 1.807) is 7.11 Å². The summed E-state index contributed by atoms with van der Waals surface area (Å²) in [5, 5.41) is 2.75. The minimum atomic E-state index is -0.200. The molecule has 1 aliphatic rings. The van der Waals surface area contributed by atoms with Crippen LogP contribution in [0.25, 0.3) is 0 Å². The molecule has 0 spiro atoms. The number of carbonyl (C=O) groups is 1. The van der Waals surface area contributed by atoms with Crippen LogP contribution in [0, 0.1) is 0 Å². The van der Waals surface area contributed by atoms with E-state index in [1.807, 2.05) is 18.2 Å². The first kappa shape index (κ1) is 13.0. The largest absolute Gasteiger partial charge is 0.495 e. The molecule has 0 radical (unpaired) electrons. The normalized spacial score (nSPS) is 14.7. The maximum absolute atomic E-state index is 11.3. The van der Waals surface area contributed by atoms with Gasteiger partial charge in [0, 0.05) is 18.8 Å². The zero-order chi connectivity index (χ0) is 13.0. The summed E-state index contributed by atoms with van der Waals surface area (Å²) in [5.41, 5.74) is 1.78. The number of anilines is 2. The molecule has 0 bridgehead atoms. The summed E-state index contributed by atoms with van der Waals surface area (Å²) < 4.78 is 5.36. The summed E-state index contributed by atoms with van der Waals surface area (Å²) in [6.45, 7) is 2.06. The molecular formula is C13H17ClN2O2. The Morgan fingerprint density at radius 1 is 1.44 bits per heavy atom. The van der Waals surface area contributed by atoms with Crippen LogP contribution in [0.15, 0.2) is 18.2 Å². The molecular weight excluding hydrogens is 252 g/mol. The van der Waals surface area contributed by atoms with Crippen molar-refractivity contribution in [2.24, 2.45) is 0 Å². The Morgan fingerprint density at radius 2 is 2.17 bits per heavy atom. The molecule has 98 valence electrons. The Labute approximate surface area is 112 Å². The molecule has 0 aliphatic carbocycles. The second-order valence-corrected chi connectivity index (χ2v) is 4.53. The molecule has 1 aromatic carbocycles. The van der Waals surface area contributed by atoms with E-state index in [2.05, 4.69) is 10.2 Å². The summed E-state index contributed by atoms with van der Waals surface area (Å²) in [6, 6.07) is 5.63. The van der Waals surface area contributed by atoms with Gasteiger partial charge >= 0.3 is 0 Å². The molecule has 1 amide bonds. The first-order valence-corrected chi connectivity index (χ1v) is 6.57. The zero-order valence-corrected chi connectivity index (χ0v) is 11.2. The monoisotopic (exact) mass is 268 g/mol. The molecule has 0 aromatic heterocycles. The first-order chi connectivity index (χ1) is 8.74. The van der Waals surface area contributed by atoms with Gasteiger partial charge in [-0.1, -0.05) is 0 Å². The van der Waals surface area contributed by atoms with Crippen molar-refractivity contribution in [1.29, 1.82) is 0 Å². The van der Waals surface area contributed by atoms with Crippen LogP contribution in [0.4, 0.5) is 11.4 Å². The van der Waals surface area contributed by atoms with Gasteiger partial charge in [0.25, 0.3) is 0 Å². The van der Waals surface area contributed by atoms with Gasteiger partial charge in [0.15, 0.2) is 0 Å².